The lowest BCUT2D eigenvalue weighted by molar-refractivity contribution is -0.139. The minimum absolute atomic E-state index is 0.0126. The summed E-state index contributed by atoms with van der Waals surface area (Å²) in [6.45, 7) is 10.1. The van der Waals surface area contributed by atoms with Gasteiger partial charge in [0.1, 0.15) is 12.2 Å². The number of benzene rings is 1. The molecule has 4 atom stereocenters. The lowest BCUT2D eigenvalue weighted by Gasteiger charge is -2.26. The molecule has 1 aliphatic carbocycles. The van der Waals surface area contributed by atoms with Crippen LogP contribution in [0.3, 0.4) is 0 Å². The number of piperidine rings is 1. The SMILES string of the molecule is CCC(=O)[C@@H]1C[C@]23CNC(=O)[C@H](C)CCCCCc4cc(C(C)C)cc5c(C(C)=O)nn(c45)CC(=O)N1[C@@H]2C3. The lowest BCUT2D eigenvalue weighted by atomic mass is 9.93. The topological polar surface area (TPSA) is 101 Å². The largest absolute Gasteiger partial charge is 0.355 e. The molecule has 0 spiro atoms. The molecule has 2 bridgehead atoms. The average molecular weight is 535 g/mol. The maximum atomic E-state index is 13.9. The predicted molar refractivity (Wildman–Crippen MR) is 150 cm³/mol. The molecule has 1 aromatic heterocycles. The van der Waals surface area contributed by atoms with Crippen molar-refractivity contribution in [3.05, 3.63) is 29.0 Å². The summed E-state index contributed by atoms with van der Waals surface area (Å²) in [7, 11) is 0. The second-order valence-electron chi connectivity index (χ2n) is 12.4. The smallest absolute Gasteiger partial charge is 0.245 e. The number of ketones is 2. The Morgan fingerprint density at radius 1 is 1.15 bits per heavy atom. The number of amides is 2. The quantitative estimate of drug-likeness (QED) is 0.579. The molecule has 2 amide bonds. The average Bonchev–Trinajstić information content (AvgIpc) is 3.31. The van der Waals surface area contributed by atoms with Crippen LogP contribution in [0.1, 0.15) is 107 Å². The number of carbonyl (C=O) groups is 4. The van der Waals surface area contributed by atoms with Crippen LogP contribution in [0.25, 0.3) is 10.9 Å². The molecule has 5 rings (SSSR count). The summed E-state index contributed by atoms with van der Waals surface area (Å²) < 4.78 is 1.71. The highest BCUT2D eigenvalue weighted by atomic mass is 16.2. The van der Waals surface area contributed by atoms with Crippen LogP contribution in [0.15, 0.2) is 12.1 Å². The van der Waals surface area contributed by atoms with Crippen LogP contribution in [-0.4, -0.2) is 56.7 Å². The van der Waals surface area contributed by atoms with E-state index in [9.17, 15) is 19.2 Å². The van der Waals surface area contributed by atoms with Gasteiger partial charge in [0.15, 0.2) is 11.6 Å². The molecule has 2 aromatic rings. The fourth-order valence-corrected chi connectivity index (χ4v) is 6.80. The van der Waals surface area contributed by atoms with Crippen molar-refractivity contribution in [3.63, 3.8) is 0 Å². The number of nitrogens with one attached hydrogen (secondary N) is 1. The van der Waals surface area contributed by atoms with Crippen molar-refractivity contribution in [3.8, 4) is 0 Å². The van der Waals surface area contributed by atoms with Crippen molar-refractivity contribution >= 4 is 34.3 Å². The zero-order chi connectivity index (χ0) is 28.1. The van der Waals surface area contributed by atoms with Gasteiger partial charge in [0, 0.05) is 42.7 Å². The van der Waals surface area contributed by atoms with Crippen molar-refractivity contribution in [2.75, 3.05) is 6.54 Å². The zero-order valence-electron chi connectivity index (χ0n) is 24.0. The molecule has 2 aliphatic heterocycles. The molecule has 0 radical (unpaired) electrons. The van der Waals surface area contributed by atoms with Gasteiger partial charge in [0.2, 0.25) is 11.8 Å². The number of aromatic nitrogens is 2. The van der Waals surface area contributed by atoms with Gasteiger partial charge in [0.25, 0.3) is 0 Å². The fraction of sp³-hybridized carbons (Fsp3) is 0.645. The maximum Gasteiger partial charge on any atom is 0.245 e. The highest BCUT2D eigenvalue weighted by Gasteiger charge is 2.66. The molecule has 1 saturated carbocycles. The first-order valence-corrected chi connectivity index (χ1v) is 14.7. The van der Waals surface area contributed by atoms with Crippen LogP contribution < -0.4 is 5.32 Å². The van der Waals surface area contributed by atoms with E-state index in [1.807, 2.05) is 13.8 Å². The van der Waals surface area contributed by atoms with Crippen molar-refractivity contribution in [1.82, 2.24) is 20.0 Å². The van der Waals surface area contributed by atoms with E-state index >= 15 is 0 Å². The van der Waals surface area contributed by atoms with E-state index in [1.165, 1.54) is 6.92 Å². The molecule has 3 aliphatic rings. The Kier molecular flexibility index (Phi) is 7.42. The number of hydrogen-bond acceptors (Lipinski definition) is 5. The molecular weight excluding hydrogens is 492 g/mol. The highest BCUT2D eigenvalue weighted by Crippen LogP contribution is 2.59. The molecule has 1 aromatic carbocycles. The summed E-state index contributed by atoms with van der Waals surface area (Å²) >= 11 is 0. The molecule has 1 N–H and O–H groups in total. The molecule has 210 valence electrons. The number of nitrogens with zero attached hydrogens (tertiary/aromatic N) is 3. The van der Waals surface area contributed by atoms with Crippen LogP contribution in [0.5, 0.6) is 0 Å². The molecule has 1 saturated heterocycles. The second-order valence-corrected chi connectivity index (χ2v) is 12.4. The van der Waals surface area contributed by atoms with E-state index in [0.29, 0.717) is 25.1 Å². The van der Waals surface area contributed by atoms with Gasteiger partial charge in [-0.25, -0.2) is 0 Å². The molecule has 3 heterocycles. The molecular formula is C31H42N4O4. The van der Waals surface area contributed by atoms with Crippen molar-refractivity contribution in [2.24, 2.45) is 11.3 Å². The summed E-state index contributed by atoms with van der Waals surface area (Å²) in [4.78, 5) is 54.3. The van der Waals surface area contributed by atoms with E-state index in [4.69, 9.17) is 5.10 Å². The number of rotatable bonds is 4. The molecule has 8 heteroatoms. The van der Waals surface area contributed by atoms with Crippen LogP contribution in [-0.2, 0) is 27.3 Å². The Morgan fingerprint density at radius 2 is 1.92 bits per heavy atom. The van der Waals surface area contributed by atoms with Gasteiger partial charge < -0.3 is 10.2 Å². The van der Waals surface area contributed by atoms with Gasteiger partial charge in [-0.3, -0.25) is 23.9 Å². The summed E-state index contributed by atoms with van der Waals surface area (Å²) in [5.74, 6) is 0.0658. The Hall–Kier alpha value is -3.03. The van der Waals surface area contributed by atoms with Gasteiger partial charge in [0.05, 0.1) is 11.6 Å². The molecule has 8 nitrogen and oxygen atoms in total. The predicted octanol–water partition coefficient (Wildman–Crippen LogP) is 4.57. The normalized spacial score (nSPS) is 27.8. The third-order valence-electron chi connectivity index (χ3n) is 9.30. The fourth-order valence-electron chi connectivity index (χ4n) is 6.80. The summed E-state index contributed by atoms with van der Waals surface area (Å²) in [6, 6.07) is 3.73. The Labute approximate surface area is 230 Å². The third-order valence-corrected chi connectivity index (χ3v) is 9.30. The highest BCUT2D eigenvalue weighted by molar-refractivity contribution is 6.06. The summed E-state index contributed by atoms with van der Waals surface area (Å²) in [5.41, 5.74) is 3.27. The number of carbonyl (C=O) groups excluding carboxylic acids is 4. The lowest BCUT2D eigenvalue weighted by Crippen LogP contribution is -2.44. The van der Waals surface area contributed by atoms with Crippen molar-refractivity contribution < 1.29 is 19.2 Å². The van der Waals surface area contributed by atoms with Gasteiger partial charge >= 0.3 is 0 Å². The first-order valence-electron chi connectivity index (χ1n) is 14.7. The van der Waals surface area contributed by atoms with Gasteiger partial charge in [-0.2, -0.15) is 5.10 Å². The van der Waals surface area contributed by atoms with Gasteiger partial charge in [-0.15, -0.1) is 0 Å². The Balaban J connectivity index is 1.58. The van der Waals surface area contributed by atoms with Crippen LogP contribution in [0, 0.1) is 11.3 Å². The van der Waals surface area contributed by atoms with Crippen LogP contribution in [0.4, 0.5) is 0 Å². The maximum absolute atomic E-state index is 13.9. The number of Topliss-reactive ketones (excluding diaryl/α,β-unsaturated/α-hetero) is 2. The number of hydrogen-bond donors (Lipinski definition) is 1. The second kappa shape index (κ2) is 10.5. The summed E-state index contributed by atoms with van der Waals surface area (Å²) in [6.07, 6.45) is 6.30. The van der Waals surface area contributed by atoms with E-state index in [0.717, 1.165) is 60.6 Å². The third kappa shape index (κ3) is 5.03. The Morgan fingerprint density at radius 3 is 2.62 bits per heavy atom. The number of aryl methyl sites for hydroxylation is 1. The van der Waals surface area contributed by atoms with Gasteiger partial charge in [-0.05, 0) is 55.2 Å². The van der Waals surface area contributed by atoms with E-state index < -0.39 is 6.04 Å². The van der Waals surface area contributed by atoms with Crippen molar-refractivity contribution in [1.29, 1.82) is 0 Å². The zero-order valence-corrected chi connectivity index (χ0v) is 24.0. The van der Waals surface area contributed by atoms with Crippen LogP contribution >= 0.6 is 0 Å². The Bertz CT molecular complexity index is 1330. The van der Waals surface area contributed by atoms with Crippen LogP contribution in [0.2, 0.25) is 0 Å². The molecule has 0 unspecified atom stereocenters. The van der Waals surface area contributed by atoms with E-state index in [2.05, 4.69) is 31.3 Å². The minimum atomic E-state index is -0.476. The monoisotopic (exact) mass is 534 g/mol. The van der Waals surface area contributed by atoms with Gasteiger partial charge in [-0.1, -0.05) is 46.6 Å². The molecule has 39 heavy (non-hydrogen) atoms. The standard InChI is InChI=1S/C31H42N4O4/c1-6-25(37)24-14-31-15-26(31)35(24)27(38)16-34-29-21(11-9-7-8-10-19(4)30(39)32-17-31)12-22(18(2)3)13-23(29)28(33-34)20(5)36/h12-13,18-19,24,26H,6-11,14-17H2,1-5H3,(H,32,39)/t19-,24+,26-,31+/m1/s1. The first kappa shape index (κ1) is 27.5. The molecule has 2 fully saturated rings. The summed E-state index contributed by atoms with van der Waals surface area (Å²) in [5, 5.41) is 8.65. The minimum Gasteiger partial charge on any atom is -0.355 e. The first-order chi connectivity index (χ1) is 18.6. The van der Waals surface area contributed by atoms with Crippen molar-refractivity contribution in [2.45, 2.75) is 111 Å². The van der Waals surface area contributed by atoms with E-state index in [-0.39, 0.29) is 53.2 Å². The van der Waals surface area contributed by atoms with E-state index in [1.54, 1.807) is 9.58 Å².